The third kappa shape index (κ3) is 5.14. The van der Waals surface area contributed by atoms with Gasteiger partial charge in [-0.3, -0.25) is 9.48 Å². The molecule has 0 radical (unpaired) electrons. The van der Waals surface area contributed by atoms with Gasteiger partial charge in [0.1, 0.15) is 6.61 Å². The maximum atomic E-state index is 12.0. The van der Waals surface area contributed by atoms with E-state index in [9.17, 15) is 4.79 Å². The first kappa shape index (κ1) is 17.6. The van der Waals surface area contributed by atoms with Gasteiger partial charge in [0.15, 0.2) is 0 Å². The van der Waals surface area contributed by atoms with E-state index in [4.69, 9.17) is 9.47 Å². The Morgan fingerprint density at radius 1 is 1.40 bits per heavy atom. The molecule has 1 saturated heterocycles. The minimum absolute atomic E-state index is 0.0432. The summed E-state index contributed by atoms with van der Waals surface area (Å²) >= 11 is 0. The standard InChI is InChI=1S/C19H25N3O3/c1-14-9-15(2)22(21-14)11-16-5-3-6-17(10-16)20-19(23)13-24-12-18-7-4-8-25-18/h3,5-6,9-10,18H,4,7-8,11-13H2,1-2H3,(H,20,23)/t18-/m0/s1. The number of nitrogens with zero attached hydrogens (tertiary/aromatic N) is 2. The second kappa shape index (κ2) is 8.27. The van der Waals surface area contributed by atoms with E-state index in [0.29, 0.717) is 13.2 Å². The number of carbonyl (C=O) groups is 1. The summed E-state index contributed by atoms with van der Waals surface area (Å²) in [6, 6.07) is 9.86. The van der Waals surface area contributed by atoms with Crippen molar-refractivity contribution in [1.82, 2.24) is 9.78 Å². The van der Waals surface area contributed by atoms with Gasteiger partial charge in [0, 0.05) is 18.0 Å². The Labute approximate surface area is 148 Å². The van der Waals surface area contributed by atoms with Gasteiger partial charge < -0.3 is 14.8 Å². The molecule has 1 aliphatic heterocycles. The lowest BCUT2D eigenvalue weighted by atomic mass is 10.2. The number of hydrogen-bond acceptors (Lipinski definition) is 4. The van der Waals surface area contributed by atoms with Gasteiger partial charge >= 0.3 is 0 Å². The normalized spacial score (nSPS) is 17.0. The lowest BCUT2D eigenvalue weighted by Crippen LogP contribution is -2.22. The third-order valence-corrected chi connectivity index (χ3v) is 4.21. The highest BCUT2D eigenvalue weighted by Gasteiger charge is 2.16. The number of benzene rings is 1. The van der Waals surface area contributed by atoms with E-state index in [1.165, 1.54) is 0 Å². The monoisotopic (exact) mass is 343 g/mol. The average Bonchev–Trinajstić information content (AvgIpc) is 3.18. The molecule has 0 aliphatic carbocycles. The summed E-state index contributed by atoms with van der Waals surface area (Å²) in [6.45, 7) is 6.02. The highest BCUT2D eigenvalue weighted by atomic mass is 16.5. The van der Waals surface area contributed by atoms with Gasteiger partial charge in [0.05, 0.1) is 24.9 Å². The highest BCUT2D eigenvalue weighted by molar-refractivity contribution is 5.91. The van der Waals surface area contributed by atoms with Crippen LogP contribution < -0.4 is 5.32 Å². The van der Waals surface area contributed by atoms with Crippen LogP contribution in [0.2, 0.25) is 0 Å². The van der Waals surface area contributed by atoms with Gasteiger partial charge in [0.2, 0.25) is 5.91 Å². The van der Waals surface area contributed by atoms with Crippen LogP contribution in [-0.4, -0.2) is 41.6 Å². The lowest BCUT2D eigenvalue weighted by Gasteiger charge is -2.11. The summed E-state index contributed by atoms with van der Waals surface area (Å²) in [5.74, 6) is -0.152. The van der Waals surface area contributed by atoms with Crippen molar-refractivity contribution in [2.75, 3.05) is 25.1 Å². The molecule has 6 nitrogen and oxygen atoms in total. The molecular weight excluding hydrogens is 318 g/mol. The molecular formula is C19H25N3O3. The second-order valence-electron chi connectivity index (χ2n) is 6.48. The zero-order valence-electron chi connectivity index (χ0n) is 14.8. The van der Waals surface area contributed by atoms with Crippen molar-refractivity contribution in [3.63, 3.8) is 0 Å². The summed E-state index contributed by atoms with van der Waals surface area (Å²) < 4.78 is 12.9. The van der Waals surface area contributed by atoms with Crippen molar-refractivity contribution in [1.29, 1.82) is 0 Å². The molecule has 1 aromatic heterocycles. The SMILES string of the molecule is Cc1cc(C)n(Cc2cccc(NC(=O)COC[C@@H]3CCCO3)c2)n1. The molecule has 3 rings (SSSR count). The van der Waals surface area contributed by atoms with Crippen molar-refractivity contribution in [2.24, 2.45) is 0 Å². The van der Waals surface area contributed by atoms with E-state index in [1.54, 1.807) is 0 Å². The first-order valence-corrected chi connectivity index (χ1v) is 8.69. The molecule has 0 bridgehead atoms. The van der Waals surface area contributed by atoms with Crippen LogP contribution in [0, 0.1) is 13.8 Å². The molecule has 134 valence electrons. The van der Waals surface area contributed by atoms with Gasteiger partial charge in [0.25, 0.3) is 0 Å². The Bertz CT molecular complexity index is 720. The molecule has 1 fully saturated rings. The van der Waals surface area contributed by atoms with Crippen LogP contribution in [0.3, 0.4) is 0 Å². The number of anilines is 1. The molecule has 1 aliphatic rings. The Morgan fingerprint density at radius 3 is 3.00 bits per heavy atom. The van der Waals surface area contributed by atoms with E-state index in [-0.39, 0.29) is 18.6 Å². The zero-order valence-corrected chi connectivity index (χ0v) is 14.8. The van der Waals surface area contributed by atoms with E-state index in [2.05, 4.69) is 16.5 Å². The van der Waals surface area contributed by atoms with Crippen LogP contribution in [0.15, 0.2) is 30.3 Å². The average molecular weight is 343 g/mol. The predicted octanol–water partition coefficient (Wildman–Crippen LogP) is 2.68. The fourth-order valence-electron chi connectivity index (χ4n) is 3.01. The largest absolute Gasteiger partial charge is 0.376 e. The summed E-state index contributed by atoms with van der Waals surface area (Å²) in [6.07, 6.45) is 2.22. The van der Waals surface area contributed by atoms with Crippen molar-refractivity contribution in [3.8, 4) is 0 Å². The summed E-state index contributed by atoms with van der Waals surface area (Å²) in [5, 5.41) is 7.35. The number of rotatable bonds is 7. The molecule has 6 heteroatoms. The smallest absolute Gasteiger partial charge is 0.250 e. The van der Waals surface area contributed by atoms with Gasteiger partial charge in [-0.15, -0.1) is 0 Å². The fourth-order valence-corrected chi connectivity index (χ4v) is 3.01. The van der Waals surface area contributed by atoms with Crippen molar-refractivity contribution < 1.29 is 14.3 Å². The van der Waals surface area contributed by atoms with Gasteiger partial charge in [-0.1, -0.05) is 12.1 Å². The molecule has 2 aromatic rings. The minimum atomic E-state index is -0.152. The van der Waals surface area contributed by atoms with Crippen LogP contribution >= 0.6 is 0 Å². The van der Waals surface area contributed by atoms with Crippen molar-refractivity contribution in [2.45, 2.75) is 39.3 Å². The number of aromatic nitrogens is 2. The molecule has 1 N–H and O–H groups in total. The number of nitrogens with one attached hydrogen (secondary N) is 1. The molecule has 25 heavy (non-hydrogen) atoms. The molecule has 1 amide bonds. The van der Waals surface area contributed by atoms with E-state index >= 15 is 0 Å². The Balaban J connectivity index is 1.50. The molecule has 0 saturated carbocycles. The maximum absolute atomic E-state index is 12.0. The number of ether oxygens (including phenoxy) is 2. The molecule has 2 heterocycles. The maximum Gasteiger partial charge on any atom is 0.250 e. The molecule has 0 spiro atoms. The number of hydrogen-bond donors (Lipinski definition) is 1. The molecule has 0 unspecified atom stereocenters. The van der Waals surface area contributed by atoms with Gasteiger partial charge in [-0.25, -0.2) is 0 Å². The summed E-state index contributed by atoms with van der Waals surface area (Å²) in [7, 11) is 0. The van der Waals surface area contributed by atoms with Crippen LogP contribution in [0.1, 0.15) is 29.8 Å². The Morgan fingerprint density at radius 2 is 2.28 bits per heavy atom. The number of aryl methyl sites for hydroxylation is 2. The van der Waals surface area contributed by atoms with E-state index in [1.807, 2.05) is 42.8 Å². The molecule has 1 atom stereocenters. The van der Waals surface area contributed by atoms with Crippen molar-refractivity contribution in [3.05, 3.63) is 47.3 Å². The fraction of sp³-hybridized carbons (Fsp3) is 0.474. The Kier molecular flexibility index (Phi) is 5.83. The summed E-state index contributed by atoms with van der Waals surface area (Å²) in [4.78, 5) is 12.0. The topological polar surface area (TPSA) is 65.4 Å². The number of carbonyl (C=O) groups excluding carboxylic acids is 1. The number of amides is 1. The predicted molar refractivity (Wildman–Crippen MR) is 95.7 cm³/mol. The van der Waals surface area contributed by atoms with Crippen LogP contribution in [0.5, 0.6) is 0 Å². The zero-order chi connectivity index (χ0) is 17.6. The van der Waals surface area contributed by atoms with E-state index < -0.39 is 0 Å². The summed E-state index contributed by atoms with van der Waals surface area (Å²) in [5.41, 5.74) is 3.98. The van der Waals surface area contributed by atoms with Crippen LogP contribution in [0.25, 0.3) is 0 Å². The molecule has 1 aromatic carbocycles. The third-order valence-electron chi connectivity index (χ3n) is 4.21. The van der Waals surface area contributed by atoms with Gasteiger partial charge in [-0.2, -0.15) is 5.10 Å². The Hall–Kier alpha value is -2.18. The van der Waals surface area contributed by atoms with Crippen LogP contribution in [-0.2, 0) is 20.8 Å². The van der Waals surface area contributed by atoms with Crippen LogP contribution in [0.4, 0.5) is 5.69 Å². The second-order valence-corrected chi connectivity index (χ2v) is 6.48. The quantitative estimate of drug-likeness (QED) is 0.839. The first-order chi connectivity index (χ1) is 12.1. The lowest BCUT2D eigenvalue weighted by molar-refractivity contribution is -0.121. The van der Waals surface area contributed by atoms with E-state index in [0.717, 1.165) is 42.1 Å². The van der Waals surface area contributed by atoms with Crippen molar-refractivity contribution >= 4 is 11.6 Å². The first-order valence-electron chi connectivity index (χ1n) is 8.69. The minimum Gasteiger partial charge on any atom is -0.376 e. The van der Waals surface area contributed by atoms with Gasteiger partial charge in [-0.05, 0) is 50.5 Å². The highest BCUT2D eigenvalue weighted by Crippen LogP contribution is 2.14.